The molecule has 1 rings (SSSR count). The Morgan fingerprint density at radius 3 is 3.27 bits per heavy atom. The number of rotatable bonds is 1. The second-order valence-corrected chi connectivity index (χ2v) is 2.76. The van der Waals surface area contributed by atoms with Crippen LogP contribution in [-0.2, 0) is 0 Å². The lowest BCUT2D eigenvalue weighted by Gasteiger charge is -1.97. The zero-order chi connectivity index (χ0) is 10.8. The molecule has 1 heterocycles. The zero-order valence-electron chi connectivity index (χ0n) is 8.47. The Balaban J connectivity index is 2.80. The summed E-state index contributed by atoms with van der Waals surface area (Å²) in [4.78, 5) is 15.0. The minimum Gasteiger partial charge on any atom is -0.355 e. The van der Waals surface area contributed by atoms with Crippen LogP contribution in [0.2, 0.25) is 0 Å². The quantitative estimate of drug-likeness (QED) is 0.769. The first-order valence-corrected chi connectivity index (χ1v) is 3.61. The van der Waals surface area contributed by atoms with Gasteiger partial charge in [0.1, 0.15) is 0 Å². The fraction of sp³-hybridized carbons (Fsp3) is 0.143. The van der Waals surface area contributed by atoms with Gasteiger partial charge in [-0.05, 0) is 22.0 Å². The molecule has 0 saturated heterocycles. The lowest BCUT2D eigenvalue weighted by Crippen LogP contribution is -2.17. The van der Waals surface area contributed by atoms with Gasteiger partial charge < -0.3 is 5.32 Å². The highest BCUT2D eigenvalue weighted by Crippen LogP contribution is 2.08. The molecular formula is C7H7BrN2O. The standard InChI is InChI=1S/C7H7BrN2O/c1-9-7(11)5-2-6(8)4-10-3-5/h2-4H,1H3,(H,9,11)/i1D3. The maximum Gasteiger partial charge on any atom is 0.252 e. The van der Waals surface area contributed by atoms with Gasteiger partial charge >= 0.3 is 0 Å². The molecule has 0 aromatic carbocycles. The van der Waals surface area contributed by atoms with E-state index in [-0.39, 0.29) is 5.56 Å². The molecule has 0 bridgehead atoms. The first-order valence-electron chi connectivity index (χ1n) is 4.31. The molecule has 1 N–H and O–H groups in total. The van der Waals surface area contributed by atoms with E-state index in [0.29, 0.717) is 4.47 Å². The Labute approximate surface area is 77.2 Å². The smallest absolute Gasteiger partial charge is 0.252 e. The SMILES string of the molecule is [2H]C([2H])([2H])NC(=O)c1cncc(Br)c1. The summed E-state index contributed by atoms with van der Waals surface area (Å²) in [5, 5.41) is 1.86. The predicted molar refractivity (Wildman–Crippen MR) is 45.3 cm³/mol. The van der Waals surface area contributed by atoms with E-state index in [4.69, 9.17) is 4.11 Å². The third-order valence-corrected chi connectivity index (χ3v) is 1.51. The van der Waals surface area contributed by atoms with Crippen LogP contribution in [0.25, 0.3) is 0 Å². The average Bonchev–Trinajstić information content (AvgIpc) is 2.01. The molecule has 0 saturated carbocycles. The largest absolute Gasteiger partial charge is 0.355 e. The Morgan fingerprint density at radius 1 is 1.82 bits per heavy atom. The van der Waals surface area contributed by atoms with Crippen LogP contribution in [0, 0.1) is 0 Å². The molecule has 0 unspecified atom stereocenters. The first-order chi connectivity index (χ1) is 6.38. The van der Waals surface area contributed by atoms with Gasteiger partial charge in [-0.2, -0.15) is 0 Å². The molecule has 1 aromatic rings. The Morgan fingerprint density at radius 2 is 2.64 bits per heavy atom. The third-order valence-electron chi connectivity index (χ3n) is 1.08. The van der Waals surface area contributed by atoms with E-state index in [0.717, 1.165) is 0 Å². The van der Waals surface area contributed by atoms with Gasteiger partial charge in [-0.15, -0.1) is 0 Å². The summed E-state index contributed by atoms with van der Waals surface area (Å²) in [7, 11) is 0. The van der Waals surface area contributed by atoms with E-state index in [9.17, 15) is 4.79 Å². The summed E-state index contributed by atoms with van der Waals surface area (Å²) < 4.78 is 21.1. The van der Waals surface area contributed by atoms with Crippen molar-refractivity contribution in [3.05, 3.63) is 28.5 Å². The molecule has 11 heavy (non-hydrogen) atoms. The van der Waals surface area contributed by atoms with Crippen LogP contribution in [0.1, 0.15) is 14.5 Å². The van der Waals surface area contributed by atoms with Gasteiger partial charge in [-0.25, -0.2) is 0 Å². The highest BCUT2D eigenvalue weighted by atomic mass is 79.9. The molecule has 0 aliphatic heterocycles. The highest BCUT2D eigenvalue weighted by Gasteiger charge is 2.01. The number of amides is 1. The maximum atomic E-state index is 11.3. The van der Waals surface area contributed by atoms with Crippen LogP contribution >= 0.6 is 15.9 Å². The summed E-state index contributed by atoms with van der Waals surface area (Å²) >= 11 is 3.13. The van der Waals surface area contributed by atoms with Gasteiger partial charge in [0.25, 0.3) is 5.91 Å². The van der Waals surface area contributed by atoms with Gasteiger partial charge in [-0.1, -0.05) is 0 Å². The zero-order valence-corrected chi connectivity index (χ0v) is 7.05. The summed E-state index contributed by atoms with van der Waals surface area (Å²) in [6, 6.07) is 1.49. The number of carbonyl (C=O) groups is 1. The number of carbonyl (C=O) groups excluding carboxylic acids is 1. The van der Waals surface area contributed by atoms with E-state index < -0.39 is 12.9 Å². The first kappa shape index (κ1) is 4.87. The number of halogens is 1. The van der Waals surface area contributed by atoms with Crippen LogP contribution in [-0.4, -0.2) is 17.9 Å². The van der Waals surface area contributed by atoms with Crippen molar-refractivity contribution in [1.82, 2.24) is 10.3 Å². The number of hydrogen-bond donors (Lipinski definition) is 1. The van der Waals surface area contributed by atoms with Crippen molar-refractivity contribution >= 4 is 21.8 Å². The summed E-state index contributed by atoms with van der Waals surface area (Å²) in [5.74, 6) is -0.668. The molecule has 0 aliphatic rings. The number of aromatic nitrogens is 1. The van der Waals surface area contributed by atoms with Crippen molar-refractivity contribution in [3.63, 3.8) is 0 Å². The van der Waals surface area contributed by atoms with Crippen molar-refractivity contribution in [3.8, 4) is 0 Å². The minimum atomic E-state index is -2.47. The molecule has 1 amide bonds. The fourth-order valence-corrected chi connectivity index (χ4v) is 0.973. The van der Waals surface area contributed by atoms with Gasteiger partial charge in [0.05, 0.1) is 5.56 Å². The Hall–Kier alpha value is -0.900. The molecule has 3 nitrogen and oxygen atoms in total. The molecule has 0 spiro atoms. The van der Waals surface area contributed by atoms with Gasteiger partial charge in [0, 0.05) is 28.0 Å². The number of pyridine rings is 1. The Bertz CT molecular complexity index is 353. The second-order valence-electron chi connectivity index (χ2n) is 1.85. The van der Waals surface area contributed by atoms with Gasteiger partial charge in [0.15, 0.2) is 0 Å². The predicted octanol–water partition coefficient (Wildman–Crippen LogP) is 1.20. The van der Waals surface area contributed by atoms with E-state index in [2.05, 4.69) is 20.9 Å². The lowest BCUT2D eigenvalue weighted by atomic mass is 10.3. The normalized spacial score (nSPS) is 14.5. The molecule has 0 radical (unpaired) electrons. The molecule has 1 aromatic heterocycles. The molecule has 4 heteroatoms. The van der Waals surface area contributed by atoms with Crippen LogP contribution in [0.3, 0.4) is 0 Å². The molecule has 0 aliphatic carbocycles. The van der Waals surface area contributed by atoms with Crippen molar-refractivity contribution in [2.45, 2.75) is 0 Å². The van der Waals surface area contributed by atoms with Crippen LogP contribution in [0.5, 0.6) is 0 Å². The van der Waals surface area contributed by atoms with E-state index in [1.54, 1.807) is 0 Å². The molecule has 58 valence electrons. The van der Waals surface area contributed by atoms with E-state index in [1.165, 1.54) is 18.5 Å². The highest BCUT2D eigenvalue weighted by molar-refractivity contribution is 9.10. The summed E-state index contributed by atoms with van der Waals surface area (Å²) in [5.41, 5.74) is 0.204. The van der Waals surface area contributed by atoms with Crippen LogP contribution in [0.4, 0.5) is 0 Å². The van der Waals surface area contributed by atoms with E-state index in [1.807, 2.05) is 5.32 Å². The van der Waals surface area contributed by atoms with Crippen molar-refractivity contribution < 1.29 is 8.91 Å². The number of hydrogen-bond acceptors (Lipinski definition) is 2. The van der Waals surface area contributed by atoms with Gasteiger partial charge in [-0.3, -0.25) is 9.78 Å². The minimum absolute atomic E-state index is 0.204. The maximum absolute atomic E-state index is 11.3. The van der Waals surface area contributed by atoms with Crippen LogP contribution in [0.15, 0.2) is 22.9 Å². The second kappa shape index (κ2) is 3.48. The third kappa shape index (κ3) is 2.01. The van der Waals surface area contributed by atoms with Crippen molar-refractivity contribution in [1.29, 1.82) is 0 Å². The molecular weight excluding hydrogens is 208 g/mol. The Kier molecular flexibility index (Phi) is 1.54. The molecule has 0 atom stereocenters. The van der Waals surface area contributed by atoms with E-state index >= 15 is 0 Å². The monoisotopic (exact) mass is 217 g/mol. The average molecular weight is 218 g/mol. The van der Waals surface area contributed by atoms with Crippen molar-refractivity contribution in [2.24, 2.45) is 0 Å². The van der Waals surface area contributed by atoms with Gasteiger partial charge in [0.2, 0.25) is 0 Å². The topological polar surface area (TPSA) is 42.0 Å². The summed E-state index contributed by atoms with van der Waals surface area (Å²) in [6.45, 7) is -2.47. The molecule has 0 fully saturated rings. The van der Waals surface area contributed by atoms with Crippen molar-refractivity contribution in [2.75, 3.05) is 6.98 Å². The fourth-order valence-electron chi connectivity index (χ4n) is 0.608. The van der Waals surface area contributed by atoms with Crippen LogP contribution < -0.4 is 5.32 Å². The summed E-state index contributed by atoms with van der Waals surface area (Å²) in [6.07, 6.45) is 2.80. The lowest BCUT2D eigenvalue weighted by molar-refractivity contribution is 0.0962. The number of nitrogens with one attached hydrogen (secondary N) is 1. The number of nitrogens with zero attached hydrogens (tertiary/aromatic N) is 1.